The van der Waals surface area contributed by atoms with Gasteiger partial charge in [0.1, 0.15) is 5.75 Å². The van der Waals surface area contributed by atoms with Gasteiger partial charge in [-0.1, -0.05) is 60.2 Å². The van der Waals surface area contributed by atoms with Gasteiger partial charge in [-0.15, -0.1) is 11.8 Å². The molecular formula is C26H25NO4S. The van der Waals surface area contributed by atoms with Crippen molar-refractivity contribution in [2.75, 3.05) is 24.9 Å². The second kappa shape index (κ2) is 9.09. The number of amides is 1. The standard InChI is InChI=1S/C26H25NO4S/c1-18-9-11-19(12-10-18)24-26(25(29)31-3,20-7-5-4-6-8-20)32-17-23(28)27(24)21-13-15-22(30-2)16-14-21/h4-16,24H,17H2,1-3H3. The predicted octanol–water partition coefficient (Wildman–Crippen LogP) is 4.89. The Morgan fingerprint density at radius 1 is 0.969 bits per heavy atom. The highest BCUT2D eigenvalue weighted by molar-refractivity contribution is 8.01. The van der Waals surface area contributed by atoms with Crippen LogP contribution in [0.15, 0.2) is 78.9 Å². The zero-order valence-electron chi connectivity index (χ0n) is 18.3. The Labute approximate surface area is 192 Å². The summed E-state index contributed by atoms with van der Waals surface area (Å²) >= 11 is 1.33. The number of thioether (sulfide) groups is 1. The quantitative estimate of drug-likeness (QED) is 0.521. The maximum absolute atomic E-state index is 13.5. The molecule has 5 nitrogen and oxygen atoms in total. The third kappa shape index (κ3) is 3.75. The second-order valence-corrected chi connectivity index (χ2v) is 8.88. The number of hydrogen-bond donors (Lipinski definition) is 0. The smallest absolute Gasteiger partial charge is 0.329 e. The average Bonchev–Trinajstić information content (AvgIpc) is 2.84. The second-order valence-electron chi connectivity index (χ2n) is 7.66. The Balaban J connectivity index is 1.98. The minimum atomic E-state index is -1.13. The van der Waals surface area contributed by atoms with E-state index in [2.05, 4.69) is 0 Å². The highest BCUT2D eigenvalue weighted by Gasteiger charge is 2.56. The van der Waals surface area contributed by atoms with Crippen LogP contribution < -0.4 is 9.64 Å². The molecular weight excluding hydrogens is 422 g/mol. The summed E-state index contributed by atoms with van der Waals surface area (Å²) in [6.45, 7) is 2.01. The fourth-order valence-corrected chi connectivity index (χ4v) is 5.58. The van der Waals surface area contributed by atoms with Crippen LogP contribution in [0.1, 0.15) is 22.7 Å². The van der Waals surface area contributed by atoms with Crippen molar-refractivity contribution in [3.8, 4) is 5.75 Å². The summed E-state index contributed by atoms with van der Waals surface area (Å²) in [4.78, 5) is 28.6. The number of hydrogen-bond acceptors (Lipinski definition) is 5. The van der Waals surface area contributed by atoms with Gasteiger partial charge in [0.05, 0.1) is 26.0 Å². The maximum atomic E-state index is 13.5. The van der Waals surface area contributed by atoms with Crippen LogP contribution >= 0.6 is 11.8 Å². The first kappa shape index (κ1) is 22.0. The van der Waals surface area contributed by atoms with Crippen LogP contribution in [0.3, 0.4) is 0 Å². The molecule has 1 saturated heterocycles. The predicted molar refractivity (Wildman–Crippen MR) is 127 cm³/mol. The molecule has 4 rings (SSSR count). The number of carbonyl (C=O) groups excluding carboxylic acids is 2. The van der Waals surface area contributed by atoms with Gasteiger partial charge < -0.3 is 14.4 Å². The third-order valence-electron chi connectivity index (χ3n) is 5.77. The number of benzene rings is 3. The number of ether oxygens (including phenoxy) is 2. The van der Waals surface area contributed by atoms with Crippen molar-refractivity contribution in [2.45, 2.75) is 17.7 Å². The van der Waals surface area contributed by atoms with Crippen LogP contribution in [0.4, 0.5) is 5.69 Å². The van der Waals surface area contributed by atoms with E-state index in [-0.39, 0.29) is 17.6 Å². The number of rotatable bonds is 5. The highest BCUT2D eigenvalue weighted by Crippen LogP contribution is 2.54. The van der Waals surface area contributed by atoms with E-state index < -0.39 is 10.8 Å². The molecule has 3 aromatic carbocycles. The Kier molecular flexibility index (Phi) is 6.24. The molecule has 0 aromatic heterocycles. The molecule has 3 aromatic rings. The molecule has 2 unspecified atom stereocenters. The molecule has 1 aliphatic heterocycles. The fourth-order valence-electron chi connectivity index (χ4n) is 4.19. The lowest BCUT2D eigenvalue weighted by atomic mass is 9.83. The van der Waals surface area contributed by atoms with E-state index in [1.54, 1.807) is 12.0 Å². The summed E-state index contributed by atoms with van der Waals surface area (Å²) in [6, 6.07) is 24.3. The van der Waals surface area contributed by atoms with Crippen LogP contribution in [-0.4, -0.2) is 31.8 Å². The summed E-state index contributed by atoms with van der Waals surface area (Å²) in [6.07, 6.45) is 0. The van der Waals surface area contributed by atoms with Crippen LogP contribution in [0, 0.1) is 6.92 Å². The van der Waals surface area contributed by atoms with Crippen molar-refractivity contribution in [1.82, 2.24) is 0 Å². The summed E-state index contributed by atoms with van der Waals surface area (Å²) in [5.41, 5.74) is 3.46. The molecule has 0 spiro atoms. The highest BCUT2D eigenvalue weighted by atomic mass is 32.2. The Morgan fingerprint density at radius 3 is 2.22 bits per heavy atom. The first-order valence-electron chi connectivity index (χ1n) is 10.3. The topological polar surface area (TPSA) is 55.8 Å². The van der Waals surface area contributed by atoms with Gasteiger partial charge in [-0.3, -0.25) is 9.59 Å². The zero-order chi connectivity index (χ0) is 22.7. The Hall–Kier alpha value is -3.25. The first-order valence-corrected chi connectivity index (χ1v) is 11.3. The molecule has 0 radical (unpaired) electrons. The molecule has 1 aliphatic rings. The van der Waals surface area contributed by atoms with Gasteiger partial charge in [0, 0.05) is 5.69 Å². The molecule has 164 valence electrons. The first-order chi connectivity index (χ1) is 15.5. The molecule has 1 amide bonds. The van der Waals surface area contributed by atoms with E-state index in [1.807, 2.05) is 85.8 Å². The molecule has 0 saturated carbocycles. The molecule has 0 N–H and O–H groups in total. The van der Waals surface area contributed by atoms with Crippen LogP contribution in [0.5, 0.6) is 5.75 Å². The summed E-state index contributed by atoms with van der Waals surface area (Å²) in [5, 5.41) is 0. The van der Waals surface area contributed by atoms with Crippen molar-refractivity contribution < 1.29 is 19.1 Å². The summed E-state index contributed by atoms with van der Waals surface area (Å²) in [7, 11) is 3.00. The van der Waals surface area contributed by atoms with E-state index in [9.17, 15) is 9.59 Å². The number of nitrogens with zero attached hydrogens (tertiary/aromatic N) is 1. The van der Waals surface area contributed by atoms with E-state index >= 15 is 0 Å². The number of methoxy groups -OCH3 is 2. The van der Waals surface area contributed by atoms with Gasteiger partial charge in [-0.2, -0.15) is 0 Å². The van der Waals surface area contributed by atoms with Crippen molar-refractivity contribution in [2.24, 2.45) is 0 Å². The van der Waals surface area contributed by atoms with Crippen molar-refractivity contribution in [1.29, 1.82) is 0 Å². The lowest BCUT2D eigenvalue weighted by Crippen LogP contribution is -2.55. The molecule has 1 fully saturated rings. The average molecular weight is 448 g/mol. The van der Waals surface area contributed by atoms with Crippen molar-refractivity contribution in [3.05, 3.63) is 95.6 Å². The molecule has 0 aliphatic carbocycles. The maximum Gasteiger partial charge on any atom is 0.329 e. The third-order valence-corrected chi connectivity index (χ3v) is 7.24. The molecule has 6 heteroatoms. The van der Waals surface area contributed by atoms with E-state index in [1.165, 1.54) is 18.9 Å². The van der Waals surface area contributed by atoms with E-state index in [4.69, 9.17) is 9.47 Å². The molecule has 32 heavy (non-hydrogen) atoms. The number of carbonyl (C=O) groups is 2. The van der Waals surface area contributed by atoms with Crippen molar-refractivity contribution >= 4 is 29.3 Å². The molecule has 0 bridgehead atoms. The Bertz CT molecular complexity index is 1100. The summed E-state index contributed by atoms with van der Waals surface area (Å²) < 4.78 is 9.53. The van der Waals surface area contributed by atoms with Gasteiger partial charge in [0.15, 0.2) is 4.75 Å². The SMILES string of the molecule is COC(=O)C1(c2ccccc2)SCC(=O)N(c2ccc(OC)cc2)C1c1ccc(C)cc1. The lowest BCUT2D eigenvalue weighted by molar-refractivity contribution is -0.144. The van der Waals surface area contributed by atoms with Crippen LogP contribution in [0.2, 0.25) is 0 Å². The monoisotopic (exact) mass is 447 g/mol. The van der Waals surface area contributed by atoms with E-state index in [0.717, 1.165) is 16.7 Å². The minimum absolute atomic E-state index is 0.0683. The lowest BCUT2D eigenvalue weighted by Gasteiger charge is -2.47. The van der Waals surface area contributed by atoms with Crippen molar-refractivity contribution in [3.63, 3.8) is 0 Å². The zero-order valence-corrected chi connectivity index (χ0v) is 19.1. The number of esters is 1. The minimum Gasteiger partial charge on any atom is -0.497 e. The van der Waals surface area contributed by atoms with Crippen LogP contribution in [0.25, 0.3) is 0 Å². The van der Waals surface area contributed by atoms with Gasteiger partial charge in [-0.25, -0.2) is 0 Å². The number of anilines is 1. The molecule has 1 heterocycles. The van der Waals surface area contributed by atoms with E-state index in [0.29, 0.717) is 11.4 Å². The van der Waals surface area contributed by atoms with Gasteiger partial charge in [0.2, 0.25) is 5.91 Å². The number of aryl methyl sites for hydroxylation is 1. The molecule has 2 atom stereocenters. The Morgan fingerprint density at radius 2 is 1.62 bits per heavy atom. The fraction of sp³-hybridized carbons (Fsp3) is 0.231. The largest absolute Gasteiger partial charge is 0.497 e. The van der Waals surface area contributed by atoms with Crippen LogP contribution in [-0.2, 0) is 19.1 Å². The summed E-state index contributed by atoms with van der Waals surface area (Å²) in [5.74, 6) is 0.395. The normalized spacial score (nSPS) is 20.7. The van der Waals surface area contributed by atoms with Gasteiger partial charge in [-0.05, 0) is 42.3 Å². The van der Waals surface area contributed by atoms with Gasteiger partial charge in [0.25, 0.3) is 0 Å². The van der Waals surface area contributed by atoms with Gasteiger partial charge >= 0.3 is 5.97 Å².